The average molecular weight is 373 g/mol. The largest absolute Gasteiger partial charge is 0.488 e. The lowest BCUT2D eigenvalue weighted by atomic mass is 10.1. The van der Waals surface area contributed by atoms with Gasteiger partial charge in [0, 0.05) is 6.04 Å². The van der Waals surface area contributed by atoms with Crippen LogP contribution in [0.1, 0.15) is 18.1 Å². The van der Waals surface area contributed by atoms with Crippen LogP contribution in [0.4, 0.5) is 4.39 Å². The van der Waals surface area contributed by atoms with Crippen molar-refractivity contribution >= 4 is 27.5 Å². The second-order valence-electron chi connectivity index (χ2n) is 4.98. The summed E-state index contributed by atoms with van der Waals surface area (Å²) in [6.07, 6.45) is 0.807. The van der Waals surface area contributed by atoms with Crippen LogP contribution in [0.25, 0.3) is 0 Å². The number of halogens is 3. The fourth-order valence-corrected chi connectivity index (χ4v) is 2.61. The summed E-state index contributed by atoms with van der Waals surface area (Å²) in [7, 11) is 0. The lowest BCUT2D eigenvalue weighted by Gasteiger charge is -2.11. The molecule has 1 atom stereocenters. The van der Waals surface area contributed by atoms with Crippen molar-refractivity contribution in [3.8, 4) is 5.75 Å². The van der Waals surface area contributed by atoms with Crippen LogP contribution < -0.4 is 10.5 Å². The Hall–Kier alpha value is -1.10. The van der Waals surface area contributed by atoms with Gasteiger partial charge in [-0.15, -0.1) is 0 Å². The van der Waals surface area contributed by atoms with Gasteiger partial charge in [-0.05, 0) is 64.7 Å². The predicted molar refractivity (Wildman–Crippen MR) is 87.2 cm³/mol. The van der Waals surface area contributed by atoms with Crippen molar-refractivity contribution in [2.45, 2.75) is 26.0 Å². The third-order valence-electron chi connectivity index (χ3n) is 2.93. The monoisotopic (exact) mass is 371 g/mol. The van der Waals surface area contributed by atoms with Gasteiger partial charge in [0.15, 0.2) is 0 Å². The van der Waals surface area contributed by atoms with E-state index in [1.54, 1.807) is 6.07 Å². The van der Waals surface area contributed by atoms with Gasteiger partial charge in [0.2, 0.25) is 0 Å². The number of hydrogen-bond donors (Lipinski definition) is 1. The normalized spacial score (nSPS) is 12.2. The molecule has 0 amide bonds. The Morgan fingerprint density at radius 3 is 2.57 bits per heavy atom. The van der Waals surface area contributed by atoms with Gasteiger partial charge < -0.3 is 10.5 Å². The molecule has 112 valence electrons. The summed E-state index contributed by atoms with van der Waals surface area (Å²) in [5, 5.41) is 0.111. The third kappa shape index (κ3) is 4.70. The SMILES string of the molecule is CC(N)Cc1ccc(OCc2ccc(Cl)c(F)c2)c(Br)c1. The maximum atomic E-state index is 13.4. The molecule has 0 radical (unpaired) electrons. The van der Waals surface area contributed by atoms with Crippen LogP contribution >= 0.6 is 27.5 Å². The van der Waals surface area contributed by atoms with E-state index in [0.717, 1.165) is 22.0 Å². The molecule has 2 rings (SSSR count). The minimum absolute atomic E-state index is 0.111. The van der Waals surface area contributed by atoms with Gasteiger partial charge in [-0.2, -0.15) is 0 Å². The van der Waals surface area contributed by atoms with E-state index in [-0.39, 0.29) is 17.7 Å². The van der Waals surface area contributed by atoms with Crippen molar-refractivity contribution in [3.05, 3.63) is 62.8 Å². The van der Waals surface area contributed by atoms with Crippen LogP contribution in [0.5, 0.6) is 5.75 Å². The average Bonchev–Trinajstić information content (AvgIpc) is 2.41. The highest BCUT2D eigenvalue weighted by atomic mass is 79.9. The summed E-state index contributed by atoms with van der Waals surface area (Å²) in [6, 6.07) is 10.6. The molecule has 0 aliphatic heterocycles. The summed E-state index contributed by atoms with van der Waals surface area (Å²) < 4.78 is 19.9. The molecule has 2 nitrogen and oxygen atoms in total. The molecule has 0 aliphatic carbocycles. The molecular formula is C16H16BrClFNO. The second-order valence-corrected chi connectivity index (χ2v) is 6.24. The minimum Gasteiger partial charge on any atom is -0.488 e. The zero-order valence-corrected chi connectivity index (χ0v) is 13.9. The van der Waals surface area contributed by atoms with Crippen LogP contribution in [0.3, 0.4) is 0 Å². The number of hydrogen-bond acceptors (Lipinski definition) is 2. The first-order valence-electron chi connectivity index (χ1n) is 6.56. The maximum absolute atomic E-state index is 13.4. The molecule has 5 heteroatoms. The molecule has 0 aromatic heterocycles. The molecule has 2 aromatic carbocycles. The van der Waals surface area contributed by atoms with Crippen molar-refractivity contribution in [1.29, 1.82) is 0 Å². The molecule has 0 bridgehead atoms. The van der Waals surface area contributed by atoms with E-state index in [0.29, 0.717) is 5.75 Å². The highest BCUT2D eigenvalue weighted by molar-refractivity contribution is 9.10. The summed E-state index contributed by atoms with van der Waals surface area (Å²) in [4.78, 5) is 0. The Kier molecular flexibility index (Phi) is 5.62. The third-order valence-corrected chi connectivity index (χ3v) is 3.86. The lowest BCUT2D eigenvalue weighted by Crippen LogP contribution is -2.17. The van der Waals surface area contributed by atoms with E-state index in [1.807, 2.05) is 25.1 Å². The zero-order valence-electron chi connectivity index (χ0n) is 11.6. The van der Waals surface area contributed by atoms with Crippen LogP contribution in [0.2, 0.25) is 5.02 Å². The van der Waals surface area contributed by atoms with Crippen LogP contribution in [0.15, 0.2) is 40.9 Å². The van der Waals surface area contributed by atoms with E-state index >= 15 is 0 Å². The van der Waals surface area contributed by atoms with E-state index < -0.39 is 5.82 Å². The summed E-state index contributed by atoms with van der Waals surface area (Å²) in [5.41, 5.74) is 7.65. The molecular weight excluding hydrogens is 357 g/mol. The zero-order chi connectivity index (χ0) is 15.4. The summed E-state index contributed by atoms with van der Waals surface area (Å²) in [6.45, 7) is 2.24. The highest BCUT2D eigenvalue weighted by Crippen LogP contribution is 2.27. The van der Waals surface area contributed by atoms with Crippen molar-refractivity contribution in [2.24, 2.45) is 5.73 Å². The molecule has 0 saturated heterocycles. The summed E-state index contributed by atoms with van der Waals surface area (Å²) in [5.74, 6) is 0.267. The number of ether oxygens (including phenoxy) is 1. The lowest BCUT2D eigenvalue weighted by molar-refractivity contribution is 0.303. The highest BCUT2D eigenvalue weighted by Gasteiger charge is 2.06. The maximum Gasteiger partial charge on any atom is 0.142 e. The van der Waals surface area contributed by atoms with Crippen LogP contribution in [-0.4, -0.2) is 6.04 Å². The molecule has 1 unspecified atom stereocenters. The number of rotatable bonds is 5. The molecule has 0 aliphatic rings. The molecule has 0 heterocycles. The van der Waals surface area contributed by atoms with Crippen LogP contribution in [-0.2, 0) is 13.0 Å². The standard InChI is InChI=1S/C16H16BrClFNO/c1-10(20)6-11-3-5-16(13(17)7-11)21-9-12-2-4-14(18)15(19)8-12/h2-5,7-8,10H,6,9,20H2,1H3. The minimum atomic E-state index is -0.441. The van der Waals surface area contributed by atoms with E-state index in [9.17, 15) is 4.39 Å². The van der Waals surface area contributed by atoms with Gasteiger partial charge in [-0.25, -0.2) is 4.39 Å². The van der Waals surface area contributed by atoms with Crippen molar-refractivity contribution < 1.29 is 9.13 Å². The van der Waals surface area contributed by atoms with E-state index in [2.05, 4.69) is 15.9 Å². The van der Waals surface area contributed by atoms with Gasteiger partial charge in [0.05, 0.1) is 9.50 Å². The first kappa shape index (κ1) is 16.3. The second kappa shape index (κ2) is 7.25. The quantitative estimate of drug-likeness (QED) is 0.825. The Bertz CT molecular complexity index is 634. The van der Waals surface area contributed by atoms with Crippen molar-refractivity contribution in [1.82, 2.24) is 0 Å². The van der Waals surface area contributed by atoms with Crippen LogP contribution in [0, 0.1) is 5.82 Å². The fraction of sp³-hybridized carbons (Fsp3) is 0.250. The molecule has 21 heavy (non-hydrogen) atoms. The first-order valence-corrected chi connectivity index (χ1v) is 7.73. The van der Waals surface area contributed by atoms with E-state index in [1.165, 1.54) is 12.1 Å². The van der Waals surface area contributed by atoms with E-state index in [4.69, 9.17) is 22.1 Å². The smallest absolute Gasteiger partial charge is 0.142 e. The number of nitrogens with two attached hydrogens (primary N) is 1. The van der Waals surface area contributed by atoms with Crippen molar-refractivity contribution in [3.63, 3.8) is 0 Å². The molecule has 0 saturated carbocycles. The van der Waals surface area contributed by atoms with Gasteiger partial charge in [-0.3, -0.25) is 0 Å². The molecule has 2 aromatic rings. The van der Waals surface area contributed by atoms with Gasteiger partial charge in [-0.1, -0.05) is 23.7 Å². The molecule has 2 N–H and O–H groups in total. The van der Waals surface area contributed by atoms with Gasteiger partial charge in [0.25, 0.3) is 0 Å². The Morgan fingerprint density at radius 2 is 1.95 bits per heavy atom. The molecule has 0 fully saturated rings. The Balaban J connectivity index is 2.04. The first-order chi connectivity index (χ1) is 9.95. The van der Waals surface area contributed by atoms with Crippen molar-refractivity contribution in [2.75, 3.05) is 0 Å². The fourth-order valence-electron chi connectivity index (χ4n) is 1.95. The Morgan fingerprint density at radius 1 is 1.24 bits per heavy atom. The molecule has 0 spiro atoms. The summed E-state index contributed by atoms with van der Waals surface area (Å²) >= 11 is 9.12. The van der Waals surface area contributed by atoms with Gasteiger partial charge in [0.1, 0.15) is 18.2 Å². The predicted octanol–water partition coefficient (Wildman–Crippen LogP) is 4.71. The van der Waals surface area contributed by atoms with Gasteiger partial charge >= 0.3 is 0 Å². The number of benzene rings is 2. The Labute approximate surface area is 137 Å². The topological polar surface area (TPSA) is 35.2 Å².